The molecule has 2 aliphatic rings. The van der Waals surface area contributed by atoms with Gasteiger partial charge in [0.25, 0.3) is 5.56 Å². The van der Waals surface area contributed by atoms with Crippen molar-refractivity contribution in [3.63, 3.8) is 0 Å². The molecule has 0 unspecified atom stereocenters. The molecule has 0 bridgehead atoms. The Labute approximate surface area is 259 Å². The number of hydrogen-bond acceptors (Lipinski definition) is 9. The van der Waals surface area contributed by atoms with Crippen LogP contribution in [0.4, 0.5) is 0 Å². The topological polar surface area (TPSA) is 97.6 Å². The normalized spacial score (nSPS) is 15.6. The van der Waals surface area contributed by atoms with Crippen molar-refractivity contribution in [3.05, 3.63) is 113 Å². The van der Waals surface area contributed by atoms with E-state index in [9.17, 15) is 9.59 Å². The summed E-state index contributed by atoms with van der Waals surface area (Å²) in [5, 5.41) is 0. The smallest absolute Gasteiger partial charge is 0.338 e. The number of allylic oxidation sites excluding steroid dienone is 1. The number of nitrogens with zero attached hydrogens (tertiary/aromatic N) is 2. The van der Waals surface area contributed by atoms with Gasteiger partial charge in [0, 0.05) is 0 Å². The first-order chi connectivity index (χ1) is 20.9. The van der Waals surface area contributed by atoms with Crippen molar-refractivity contribution >= 4 is 39.3 Å². The fourth-order valence-electron chi connectivity index (χ4n) is 5.03. The maximum Gasteiger partial charge on any atom is 0.338 e. The lowest BCUT2D eigenvalue weighted by atomic mass is 9.95. The molecule has 11 heteroatoms. The van der Waals surface area contributed by atoms with Crippen LogP contribution in [-0.4, -0.2) is 31.0 Å². The van der Waals surface area contributed by atoms with E-state index in [1.807, 2.05) is 48.5 Å². The summed E-state index contributed by atoms with van der Waals surface area (Å²) in [6, 6.07) is 18.1. The van der Waals surface area contributed by atoms with Gasteiger partial charge in [-0.3, -0.25) is 9.36 Å². The lowest BCUT2D eigenvalue weighted by Crippen LogP contribution is -2.39. The molecule has 43 heavy (non-hydrogen) atoms. The predicted octanol–water partition coefficient (Wildman–Crippen LogP) is 4.88. The number of ether oxygens (including phenoxy) is 5. The Balaban J connectivity index is 1.43. The molecule has 0 radical (unpaired) electrons. The molecule has 2 aliphatic heterocycles. The first kappa shape index (κ1) is 28.8. The fourth-order valence-corrected chi connectivity index (χ4v) is 6.66. The third kappa shape index (κ3) is 5.57. The van der Waals surface area contributed by atoms with Crippen LogP contribution in [0.5, 0.6) is 23.0 Å². The summed E-state index contributed by atoms with van der Waals surface area (Å²) in [4.78, 5) is 32.3. The van der Waals surface area contributed by atoms with Gasteiger partial charge in [0.15, 0.2) is 27.8 Å². The molecule has 0 N–H and O–H groups in total. The molecule has 0 fully saturated rings. The van der Waals surface area contributed by atoms with E-state index in [4.69, 9.17) is 23.7 Å². The number of hydrogen-bond donors (Lipinski definition) is 0. The third-order valence-electron chi connectivity index (χ3n) is 7.00. The van der Waals surface area contributed by atoms with Gasteiger partial charge in [-0.05, 0) is 76.8 Å². The summed E-state index contributed by atoms with van der Waals surface area (Å²) in [5.41, 5.74) is 2.92. The van der Waals surface area contributed by atoms with Crippen LogP contribution in [0.3, 0.4) is 0 Å². The Morgan fingerprint density at radius 1 is 1.14 bits per heavy atom. The van der Waals surface area contributed by atoms with Crippen LogP contribution < -0.4 is 33.8 Å². The number of carbonyl (C=O) groups excluding carboxylic acids is 1. The number of fused-ring (bicyclic) bond motifs is 2. The van der Waals surface area contributed by atoms with Gasteiger partial charge in [-0.1, -0.05) is 47.7 Å². The van der Waals surface area contributed by atoms with E-state index in [1.165, 1.54) is 15.9 Å². The van der Waals surface area contributed by atoms with Gasteiger partial charge in [0.2, 0.25) is 6.79 Å². The molecule has 220 valence electrons. The largest absolute Gasteiger partial charge is 0.493 e. The van der Waals surface area contributed by atoms with Crippen LogP contribution in [0, 0.1) is 0 Å². The zero-order valence-electron chi connectivity index (χ0n) is 23.6. The molecule has 3 heterocycles. The second-order valence-electron chi connectivity index (χ2n) is 9.72. The number of rotatable bonds is 8. The Kier molecular flexibility index (Phi) is 8.09. The van der Waals surface area contributed by atoms with Crippen LogP contribution in [0.2, 0.25) is 0 Å². The van der Waals surface area contributed by atoms with E-state index in [0.717, 1.165) is 11.1 Å². The van der Waals surface area contributed by atoms with Crippen LogP contribution in [0.1, 0.15) is 36.6 Å². The minimum absolute atomic E-state index is 0.107. The van der Waals surface area contributed by atoms with Crippen molar-refractivity contribution in [2.24, 2.45) is 4.99 Å². The number of methoxy groups -OCH3 is 1. The Morgan fingerprint density at radius 3 is 2.70 bits per heavy atom. The number of aromatic nitrogens is 1. The highest BCUT2D eigenvalue weighted by molar-refractivity contribution is 9.10. The molecule has 0 spiro atoms. The maximum absolute atomic E-state index is 14.0. The first-order valence-electron chi connectivity index (χ1n) is 13.5. The van der Waals surface area contributed by atoms with Crippen LogP contribution >= 0.6 is 27.3 Å². The summed E-state index contributed by atoms with van der Waals surface area (Å²) in [6.07, 6.45) is 1.78. The van der Waals surface area contributed by atoms with Gasteiger partial charge in [0.1, 0.15) is 6.61 Å². The van der Waals surface area contributed by atoms with Gasteiger partial charge in [-0.25, -0.2) is 9.79 Å². The average molecular weight is 664 g/mol. The van der Waals surface area contributed by atoms with Gasteiger partial charge >= 0.3 is 5.97 Å². The van der Waals surface area contributed by atoms with Crippen molar-refractivity contribution in [1.29, 1.82) is 0 Å². The quantitative estimate of drug-likeness (QED) is 0.248. The Morgan fingerprint density at radius 2 is 1.93 bits per heavy atom. The van der Waals surface area contributed by atoms with E-state index in [0.29, 0.717) is 60.2 Å². The van der Waals surface area contributed by atoms with Gasteiger partial charge in [0.05, 0.1) is 40.0 Å². The minimum Gasteiger partial charge on any atom is -0.493 e. The summed E-state index contributed by atoms with van der Waals surface area (Å²) in [7, 11) is 1.57. The number of halogens is 1. The highest BCUT2D eigenvalue weighted by Gasteiger charge is 2.34. The SMILES string of the molecule is CCOC(=O)C1=C(C)N=c2s/c(=C\c3cc(Br)c(OCc4ccccc4)c(OC)c3)c(=O)n2[C@H]1c1ccc2c(c1)OCO2. The average Bonchev–Trinajstić information content (AvgIpc) is 3.59. The van der Waals surface area contributed by atoms with E-state index < -0.39 is 12.0 Å². The third-order valence-corrected chi connectivity index (χ3v) is 8.58. The fraction of sp³-hybridized carbons (Fsp3) is 0.219. The lowest BCUT2D eigenvalue weighted by molar-refractivity contribution is -0.139. The molecule has 0 aliphatic carbocycles. The van der Waals surface area contributed by atoms with E-state index in [-0.39, 0.29) is 19.0 Å². The Bertz CT molecular complexity index is 1930. The highest BCUT2D eigenvalue weighted by atomic mass is 79.9. The van der Waals surface area contributed by atoms with E-state index in [2.05, 4.69) is 20.9 Å². The summed E-state index contributed by atoms with van der Waals surface area (Å²) in [5.74, 6) is 1.69. The van der Waals surface area contributed by atoms with Crippen molar-refractivity contribution in [2.75, 3.05) is 20.5 Å². The molecular weight excluding hydrogens is 636 g/mol. The molecule has 3 aromatic carbocycles. The molecule has 4 aromatic rings. The summed E-state index contributed by atoms with van der Waals surface area (Å²) >= 11 is 4.85. The maximum atomic E-state index is 14.0. The first-order valence-corrected chi connectivity index (χ1v) is 15.1. The number of carbonyl (C=O) groups is 1. The number of esters is 1. The van der Waals surface area contributed by atoms with E-state index >= 15 is 0 Å². The summed E-state index contributed by atoms with van der Waals surface area (Å²) in [6.45, 7) is 4.16. The molecular formula is C32H27BrN2O7S. The van der Waals surface area contributed by atoms with Crippen molar-refractivity contribution in [1.82, 2.24) is 4.57 Å². The van der Waals surface area contributed by atoms with Crippen molar-refractivity contribution in [2.45, 2.75) is 26.5 Å². The van der Waals surface area contributed by atoms with Gasteiger partial charge < -0.3 is 23.7 Å². The second-order valence-corrected chi connectivity index (χ2v) is 11.6. The monoisotopic (exact) mass is 662 g/mol. The van der Waals surface area contributed by atoms with Crippen LogP contribution in [0.15, 0.2) is 86.2 Å². The highest BCUT2D eigenvalue weighted by Crippen LogP contribution is 2.39. The minimum atomic E-state index is -0.762. The lowest BCUT2D eigenvalue weighted by Gasteiger charge is -2.24. The Hall–Kier alpha value is -4.35. The second kappa shape index (κ2) is 12.1. The van der Waals surface area contributed by atoms with Crippen LogP contribution in [0.25, 0.3) is 6.08 Å². The molecule has 0 amide bonds. The molecule has 0 saturated carbocycles. The standard InChI is InChI=1S/C32H27BrN2O7S/c1-4-39-31(37)27-18(2)34-32-35(28(27)21-10-11-23-24(15-21)42-17-41-23)30(36)26(43-32)14-20-12-22(33)29(25(13-20)38-3)40-16-19-8-6-5-7-9-19/h5-15,28H,4,16-17H2,1-3H3/b26-14-/t28-/m0/s1. The van der Waals surface area contributed by atoms with Crippen LogP contribution in [-0.2, 0) is 16.1 Å². The number of benzene rings is 3. The molecule has 6 rings (SSSR count). The zero-order valence-corrected chi connectivity index (χ0v) is 26.0. The molecule has 1 atom stereocenters. The van der Waals surface area contributed by atoms with Crippen molar-refractivity contribution in [3.8, 4) is 23.0 Å². The molecule has 9 nitrogen and oxygen atoms in total. The van der Waals surface area contributed by atoms with E-state index in [1.54, 1.807) is 39.2 Å². The summed E-state index contributed by atoms with van der Waals surface area (Å²) < 4.78 is 30.8. The van der Waals surface area contributed by atoms with Crippen molar-refractivity contribution < 1.29 is 28.5 Å². The molecule has 1 aromatic heterocycles. The molecule has 0 saturated heterocycles. The number of thiazole rings is 1. The van der Waals surface area contributed by atoms with Gasteiger partial charge in [-0.15, -0.1) is 0 Å². The predicted molar refractivity (Wildman–Crippen MR) is 164 cm³/mol. The zero-order chi connectivity index (χ0) is 30.1. The van der Waals surface area contributed by atoms with Gasteiger partial charge in [-0.2, -0.15) is 0 Å².